The number of nitrogens with zero attached hydrogens (tertiary/aromatic N) is 1. The summed E-state index contributed by atoms with van der Waals surface area (Å²) < 4.78 is 0. The second-order valence-electron chi connectivity index (χ2n) is 6.61. The lowest BCUT2D eigenvalue weighted by Gasteiger charge is -2.34. The maximum atomic E-state index is 11.8. The number of rotatable bonds is 7. The maximum absolute atomic E-state index is 11.8. The van der Waals surface area contributed by atoms with Crippen LogP contribution < -0.4 is 5.32 Å². The van der Waals surface area contributed by atoms with E-state index in [0.29, 0.717) is 12.0 Å². The average molecular weight is 282 g/mol. The summed E-state index contributed by atoms with van der Waals surface area (Å²) in [4.78, 5) is 14.4. The van der Waals surface area contributed by atoms with Crippen molar-refractivity contribution >= 4 is 5.97 Å². The van der Waals surface area contributed by atoms with Crippen molar-refractivity contribution in [3.8, 4) is 0 Å². The van der Waals surface area contributed by atoms with Gasteiger partial charge in [-0.15, -0.1) is 0 Å². The molecule has 2 N–H and O–H groups in total. The standard InChI is InChI=1S/C16H30N2O2/c1-3-10-17-16(15(19)20)9-4-7-14(16)8-12-18-11-5-6-13(18)2/h13-14,17H,3-12H2,1-2H3,(H,19,20). The predicted molar refractivity (Wildman–Crippen MR) is 80.9 cm³/mol. The minimum atomic E-state index is -0.654. The smallest absolute Gasteiger partial charge is 0.324 e. The minimum absolute atomic E-state index is 0.291. The zero-order valence-electron chi connectivity index (χ0n) is 13.0. The normalized spacial score (nSPS) is 34.7. The second-order valence-corrected chi connectivity index (χ2v) is 6.61. The van der Waals surface area contributed by atoms with Gasteiger partial charge in [-0.1, -0.05) is 13.3 Å². The topological polar surface area (TPSA) is 52.6 Å². The van der Waals surface area contributed by atoms with Crippen molar-refractivity contribution in [1.82, 2.24) is 10.2 Å². The zero-order chi connectivity index (χ0) is 14.6. The van der Waals surface area contributed by atoms with Gasteiger partial charge in [0.25, 0.3) is 0 Å². The molecule has 0 aromatic carbocycles. The SMILES string of the molecule is CCCNC1(C(=O)O)CCCC1CCN1CCCC1C. The zero-order valence-corrected chi connectivity index (χ0v) is 13.0. The highest BCUT2D eigenvalue weighted by Gasteiger charge is 2.48. The van der Waals surface area contributed by atoms with Crippen molar-refractivity contribution in [2.75, 3.05) is 19.6 Å². The third-order valence-electron chi connectivity index (χ3n) is 5.35. The molecule has 0 aromatic heterocycles. The molecule has 0 amide bonds. The van der Waals surface area contributed by atoms with Crippen molar-refractivity contribution in [1.29, 1.82) is 0 Å². The Morgan fingerprint density at radius 2 is 2.20 bits per heavy atom. The molecule has 0 aromatic rings. The molecule has 1 aliphatic heterocycles. The lowest BCUT2D eigenvalue weighted by Crippen LogP contribution is -2.55. The number of likely N-dealkylation sites (tertiary alicyclic amines) is 1. The second kappa shape index (κ2) is 6.90. The lowest BCUT2D eigenvalue weighted by atomic mass is 9.84. The van der Waals surface area contributed by atoms with E-state index in [-0.39, 0.29) is 0 Å². The van der Waals surface area contributed by atoms with Crippen LogP contribution in [0.3, 0.4) is 0 Å². The molecule has 4 nitrogen and oxygen atoms in total. The fraction of sp³-hybridized carbons (Fsp3) is 0.938. The molecule has 20 heavy (non-hydrogen) atoms. The van der Waals surface area contributed by atoms with Gasteiger partial charge >= 0.3 is 5.97 Å². The van der Waals surface area contributed by atoms with Crippen LogP contribution in [0.5, 0.6) is 0 Å². The van der Waals surface area contributed by atoms with Crippen LogP contribution in [-0.4, -0.2) is 47.2 Å². The molecule has 2 aliphatic rings. The van der Waals surface area contributed by atoms with Gasteiger partial charge in [0, 0.05) is 6.04 Å². The molecule has 3 unspecified atom stereocenters. The van der Waals surface area contributed by atoms with E-state index in [2.05, 4.69) is 24.1 Å². The van der Waals surface area contributed by atoms with Crippen LogP contribution in [0.25, 0.3) is 0 Å². The van der Waals surface area contributed by atoms with Gasteiger partial charge in [-0.25, -0.2) is 0 Å². The van der Waals surface area contributed by atoms with Crippen LogP contribution in [0, 0.1) is 5.92 Å². The number of carboxylic acid groups (broad SMARTS) is 1. The van der Waals surface area contributed by atoms with Gasteiger partial charge in [0.15, 0.2) is 0 Å². The Hall–Kier alpha value is -0.610. The molecule has 3 atom stereocenters. The summed E-state index contributed by atoms with van der Waals surface area (Å²) >= 11 is 0. The van der Waals surface area contributed by atoms with Crippen LogP contribution in [0.15, 0.2) is 0 Å². The molecule has 0 bridgehead atoms. The molecular weight excluding hydrogens is 252 g/mol. The largest absolute Gasteiger partial charge is 0.480 e. The first kappa shape index (κ1) is 15.8. The number of nitrogens with one attached hydrogen (secondary N) is 1. The molecule has 1 saturated carbocycles. The quantitative estimate of drug-likeness (QED) is 0.753. The van der Waals surface area contributed by atoms with E-state index in [9.17, 15) is 9.90 Å². The number of hydrogen-bond donors (Lipinski definition) is 2. The Labute approximate surface area is 122 Å². The minimum Gasteiger partial charge on any atom is -0.480 e. The first-order valence-electron chi connectivity index (χ1n) is 8.32. The fourth-order valence-electron chi connectivity index (χ4n) is 4.05. The van der Waals surface area contributed by atoms with Gasteiger partial charge in [-0.3, -0.25) is 4.79 Å². The summed E-state index contributed by atoms with van der Waals surface area (Å²) in [6, 6.07) is 0.680. The van der Waals surface area contributed by atoms with Crippen LogP contribution in [0.4, 0.5) is 0 Å². The van der Waals surface area contributed by atoms with Gasteiger partial charge in [-0.05, 0) is 71.0 Å². The molecule has 1 saturated heterocycles. The van der Waals surface area contributed by atoms with E-state index < -0.39 is 11.5 Å². The van der Waals surface area contributed by atoms with Crippen LogP contribution >= 0.6 is 0 Å². The van der Waals surface area contributed by atoms with Gasteiger partial charge in [-0.2, -0.15) is 0 Å². The molecule has 1 heterocycles. The van der Waals surface area contributed by atoms with Gasteiger partial charge < -0.3 is 15.3 Å². The molecule has 4 heteroatoms. The summed E-state index contributed by atoms with van der Waals surface area (Å²) in [5.74, 6) is -0.345. The third-order valence-corrected chi connectivity index (χ3v) is 5.35. The van der Waals surface area contributed by atoms with E-state index in [1.807, 2.05) is 0 Å². The molecule has 0 radical (unpaired) electrons. The number of carboxylic acids is 1. The fourth-order valence-corrected chi connectivity index (χ4v) is 4.05. The highest BCUT2D eigenvalue weighted by Crippen LogP contribution is 2.38. The Balaban J connectivity index is 1.95. The Bertz CT molecular complexity index is 334. The van der Waals surface area contributed by atoms with Crippen LogP contribution in [-0.2, 0) is 4.79 Å². The van der Waals surface area contributed by atoms with Crippen molar-refractivity contribution in [3.63, 3.8) is 0 Å². The summed E-state index contributed by atoms with van der Waals surface area (Å²) in [7, 11) is 0. The molecule has 1 aliphatic carbocycles. The molecule has 0 spiro atoms. The monoisotopic (exact) mass is 282 g/mol. The van der Waals surface area contributed by atoms with Crippen molar-refractivity contribution < 1.29 is 9.90 Å². The Kier molecular flexibility index (Phi) is 5.44. The van der Waals surface area contributed by atoms with Crippen LogP contribution in [0.1, 0.15) is 58.8 Å². The number of carbonyl (C=O) groups is 1. The number of hydrogen-bond acceptors (Lipinski definition) is 3. The Morgan fingerprint density at radius 3 is 2.80 bits per heavy atom. The highest BCUT2D eigenvalue weighted by molar-refractivity contribution is 5.79. The van der Waals surface area contributed by atoms with E-state index in [1.54, 1.807) is 0 Å². The van der Waals surface area contributed by atoms with E-state index in [1.165, 1.54) is 19.4 Å². The van der Waals surface area contributed by atoms with E-state index in [0.717, 1.165) is 45.2 Å². The first-order valence-corrected chi connectivity index (χ1v) is 8.32. The van der Waals surface area contributed by atoms with E-state index in [4.69, 9.17) is 0 Å². The molecule has 2 fully saturated rings. The Morgan fingerprint density at radius 1 is 1.40 bits per heavy atom. The molecule has 116 valence electrons. The first-order chi connectivity index (χ1) is 9.60. The number of aliphatic carboxylic acids is 1. The molecule has 2 rings (SSSR count). The van der Waals surface area contributed by atoms with Crippen molar-refractivity contribution in [2.24, 2.45) is 5.92 Å². The maximum Gasteiger partial charge on any atom is 0.324 e. The average Bonchev–Trinajstić information content (AvgIpc) is 3.01. The summed E-state index contributed by atoms with van der Waals surface area (Å²) in [6.45, 7) is 7.45. The summed E-state index contributed by atoms with van der Waals surface area (Å²) in [5, 5.41) is 13.1. The third kappa shape index (κ3) is 3.17. The lowest BCUT2D eigenvalue weighted by molar-refractivity contribution is -0.146. The van der Waals surface area contributed by atoms with Gasteiger partial charge in [0.2, 0.25) is 0 Å². The van der Waals surface area contributed by atoms with Crippen LogP contribution in [0.2, 0.25) is 0 Å². The highest BCUT2D eigenvalue weighted by atomic mass is 16.4. The predicted octanol–water partition coefficient (Wildman–Crippen LogP) is 2.48. The summed E-state index contributed by atoms with van der Waals surface area (Å²) in [5.41, 5.74) is -0.654. The van der Waals surface area contributed by atoms with Crippen molar-refractivity contribution in [2.45, 2.75) is 70.4 Å². The molecular formula is C16H30N2O2. The van der Waals surface area contributed by atoms with Gasteiger partial charge in [0.1, 0.15) is 5.54 Å². The van der Waals surface area contributed by atoms with E-state index >= 15 is 0 Å². The van der Waals surface area contributed by atoms with Crippen molar-refractivity contribution in [3.05, 3.63) is 0 Å². The summed E-state index contributed by atoms with van der Waals surface area (Å²) in [6.07, 6.45) is 7.50. The van der Waals surface area contributed by atoms with Gasteiger partial charge in [0.05, 0.1) is 0 Å².